The van der Waals surface area contributed by atoms with Gasteiger partial charge in [0.2, 0.25) is 0 Å². The third-order valence-electron chi connectivity index (χ3n) is 2.23. The molecule has 2 aromatic heterocycles. The molecule has 0 saturated carbocycles. The zero-order chi connectivity index (χ0) is 12.3. The summed E-state index contributed by atoms with van der Waals surface area (Å²) >= 11 is 2.91. The zero-order valence-electron chi connectivity index (χ0n) is 9.89. The van der Waals surface area contributed by atoms with Crippen LogP contribution in [0.4, 0.5) is 5.82 Å². The predicted molar refractivity (Wildman–Crippen MR) is 69.7 cm³/mol. The van der Waals surface area contributed by atoms with Gasteiger partial charge in [-0.25, -0.2) is 15.0 Å². The van der Waals surface area contributed by atoms with E-state index >= 15 is 0 Å². The van der Waals surface area contributed by atoms with Crippen molar-refractivity contribution in [1.29, 1.82) is 0 Å². The van der Waals surface area contributed by atoms with Crippen molar-refractivity contribution in [2.45, 2.75) is 29.6 Å². The van der Waals surface area contributed by atoms with Gasteiger partial charge in [-0.3, -0.25) is 0 Å². The van der Waals surface area contributed by atoms with Gasteiger partial charge in [-0.15, -0.1) is 0 Å². The molecule has 0 saturated heterocycles. The van der Waals surface area contributed by atoms with Gasteiger partial charge >= 0.3 is 0 Å². The van der Waals surface area contributed by atoms with E-state index in [4.69, 9.17) is 0 Å². The van der Waals surface area contributed by atoms with Crippen LogP contribution in [-0.2, 0) is 6.42 Å². The highest BCUT2D eigenvalue weighted by Gasteiger charge is 2.11. The van der Waals surface area contributed by atoms with Crippen LogP contribution in [-0.4, -0.2) is 26.4 Å². The average molecular weight is 267 g/mol. The summed E-state index contributed by atoms with van der Waals surface area (Å²) in [5.41, 5.74) is 1.05. The van der Waals surface area contributed by atoms with Crippen LogP contribution in [0, 0.1) is 6.92 Å². The van der Waals surface area contributed by atoms with E-state index in [1.165, 1.54) is 23.3 Å². The van der Waals surface area contributed by atoms with Gasteiger partial charge in [-0.1, -0.05) is 6.92 Å². The van der Waals surface area contributed by atoms with Crippen LogP contribution < -0.4 is 5.32 Å². The van der Waals surface area contributed by atoms with Gasteiger partial charge in [0.1, 0.15) is 23.0 Å². The predicted octanol–water partition coefficient (Wildman–Crippen LogP) is 2.39. The van der Waals surface area contributed by atoms with Crippen molar-refractivity contribution in [3.8, 4) is 0 Å². The van der Waals surface area contributed by atoms with Gasteiger partial charge in [0, 0.05) is 19.0 Å². The first-order valence-electron chi connectivity index (χ1n) is 5.24. The molecule has 5 nitrogen and oxygen atoms in total. The molecule has 0 unspecified atom stereocenters. The number of nitrogens with one attached hydrogen (secondary N) is 1. The SMILES string of the molecule is CCc1nc(NC)c(C)c(Sc2ncns2)n1. The molecule has 0 atom stereocenters. The molecule has 0 aliphatic heterocycles. The summed E-state index contributed by atoms with van der Waals surface area (Å²) in [5, 5.41) is 4.04. The van der Waals surface area contributed by atoms with Crippen molar-refractivity contribution in [2.24, 2.45) is 0 Å². The molecule has 2 aromatic rings. The first-order chi connectivity index (χ1) is 8.24. The molecule has 0 aromatic carbocycles. The second-order valence-corrected chi connectivity index (χ2v) is 5.35. The number of aryl methyl sites for hydroxylation is 1. The zero-order valence-corrected chi connectivity index (χ0v) is 11.5. The Hall–Kier alpha value is -1.21. The van der Waals surface area contributed by atoms with E-state index in [9.17, 15) is 0 Å². The Kier molecular flexibility index (Phi) is 3.90. The molecule has 0 bridgehead atoms. The fraction of sp³-hybridized carbons (Fsp3) is 0.400. The highest BCUT2D eigenvalue weighted by atomic mass is 32.2. The van der Waals surface area contributed by atoms with Crippen LogP contribution in [0.1, 0.15) is 18.3 Å². The highest BCUT2D eigenvalue weighted by molar-refractivity contribution is 8.00. The molecule has 2 heterocycles. The third-order valence-corrected chi connectivity index (χ3v) is 4.03. The van der Waals surface area contributed by atoms with Gasteiger partial charge in [-0.2, -0.15) is 4.37 Å². The van der Waals surface area contributed by atoms with Crippen LogP contribution in [0.25, 0.3) is 0 Å². The Labute approximate surface area is 108 Å². The summed E-state index contributed by atoms with van der Waals surface area (Å²) in [7, 11) is 1.87. The molecule has 0 aliphatic carbocycles. The number of aromatic nitrogens is 4. The summed E-state index contributed by atoms with van der Waals surface area (Å²) in [6.45, 7) is 4.05. The molecule has 7 heteroatoms. The topological polar surface area (TPSA) is 63.6 Å². The highest BCUT2D eigenvalue weighted by Crippen LogP contribution is 2.31. The molecule has 0 amide bonds. The maximum atomic E-state index is 4.53. The van der Waals surface area contributed by atoms with Crippen molar-refractivity contribution < 1.29 is 0 Å². The molecule has 0 aliphatic rings. The molecule has 0 fully saturated rings. The molecule has 0 spiro atoms. The third kappa shape index (κ3) is 2.73. The Morgan fingerprint density at radius 1 is 1.41 bits per heavy atom. The van der Waals surface area contributed by atoms with Crippen LogP contribution >= 0.6 is 23.3 Å². The van der Waals surface area contributed by atoms with Crippen LogP contribution in [0.15, 0.2) is 15.7 Å². The fourth-order valence-corrected chi connectivity index (χ4v) is 2.79. The quantitative estimate of drug-likeness (QED) is 0.858. The van der Waals surface area contributed by atoms with Gasteiger partial charge in [-0.05, 0) is 30.2 Å². The van der Waals surface area contributed by atoms with Gasteiger partial charge < -0.3 is 5.32 Å². The van der Waals surface area contributed by atoms with Crippen LogP contribution in [0.5, 0.6) is 0 Å². The van der Waals surface area contributed by atoms with Gasteiger partial charge in [0.15, 0.2) is 4.34 Å². The maximum absolute atomic E-state index is 4.53. The van der Waals surface area contributed by atoms with Crippen molar-refractivity contribution in [3.05, 3.63) is 17.7 Å². The standard InChI is InChI=1S/C10H13N5S2/c1-4-7-14-8(11-3)6(2)9(15-7)16-10-12-5-13-17-10/h5H,4H2,1-3H3,(H,11,14,15). The molecule has 2 rings (SSSR count). The lowest BCUT2D eigenvalue weighted by Gasteiger charge is -2.09. The monoisotopic (exact) mass is 267 g/mol. The second kappa shape index (κ2) is 5.42. The normalized spacial score (nSPS) is 10.5. The largest absolute Gasteiger partial charge is 0.373 e. The van der Waals surface area contributed by atoms with Gasteiger partial charge in [0.05, 0.1) is 0 Å². The Bertz CT molecular complexity index is 498. The van der Waals surface area contributed by atoms with Gasteiger partial charge in [0.25, 0.3) is 0 Å². The average Bonchev–Trinajstić information content (AvgIpc) is 2.84. The summed E-state index contributed by atoms with van der Waals surface area (Å²) in [5.74, 6) is 1.72. The van der Waals surface area contributed by atoms with E-state index < -0.39 is 0 Å². The van der Waals surface area contributed by atoms with E-state index in [1.54, 1.807) is 6.33 Å². The van der Waals surface area contributed by atoms with E-state index in [2.05, 4.69) is 24.6 Å². The Morgan fingerprint density at radius 3 is 2.82 bits per heavy atom. The number of anilines is 1. The Balaban J connectivity index is 2.38. The minimum absolute atomic E-state index is 0.818. The van der Waals surface area contributed by atoms with Crippen molar-refractivity contribution in [2.75, 3.05) is 12.4 Å². The Morgan fingerprint density at radius 2 is 2.24 bits per heavy atom. The summed E-state index contributed by atoms with van der Waals surface area (Å²) < 4.78 is 4.88. The number of nitrogens with zero attached hydrogens (tertiary/aromatic N) is 4. The molecular weight excluding hydrogens is 254 g/mol. The van der Waals surface area contributed by atoms with Crippen molar-refractivity contribution in [1.82, 2.24) is 19.3 Å². The van der Waals surface area contributed by atoms with Crippen LogP contribution in [0.2, 0.25) is 0 Å². The minimum atomic E-state index is 0.818. The lowest BCUT2D eigenvalue weighted by molar-refractivity contribution is 0.874. The lowest BCUT2D eigenvalue weighted by Crippen LogP contribution is -2.03. The number of hydrogen-bond donors (Lipinski definition) is 1. The molecule has 90 valence electrons. The van der Waals surface area contributed by atoms with E-state index in [1.807, 2.05) is 20.9 Å². The van der Waals surface area contributed by atoms with Crippen molar-refractivity contribution in [3.63, 3.8) is 0 Å². The summed E-state index contributed by atoms with van der Waals surface area (Å²) in [4.78, 5) is 13.1. The van der Waals surface area contributed by atoms with E-state index in [-0.39, 0.29) is 0 Å². The maximum Gasteiger partial charge on any atom is 0.176 e. The lowest BCUT2D eigenvalue weighted by atomic mass is 10.3. The fourth-order valence-electron chi connectivity index (χ4n) is 1.33. The van der Waals surface area contributed by atoms with E-state index in [0.29, 0.717) is 0 Å². The first kappa shape index (κ1) is 12.3. The molecule has 17 heavy (non-hydrogen) atoms. The molecular formula is C10H13N5S2. The van der Waals surface area contributed by atoms with Crippen molar-refractivity contribution >= 4 is 29.1 Å². The number of rotatable bonds is 4. The second-order valence-electron chi connectivity index (χ2n) is 3.33. The summed E-state index contributed by atoms with van der Waals surface area (Å²) in [6, 6.07) is 0. The minimum Gasteiger partial charge on any atom is -0.373 e. The smallest absolute Gasteiger partial charge is 0.176 e. The molecule has 1 N–H and O–H groups in total. The van der Waals surface area contributed by atoms with E-state index in [0.717, 1.165) is 33.0 Å². The first-order valence-corrected chi connectivity index (χ1v) is 6.83. The molecule has 0 radical (unpaired) electrons. The van der Waals surface area contributed by atoms with Crippen LogP contribution in [0.3, 0.4) is 0 Å². The number of hydrogen-bond acceptors (Lipinski definition) is 7. The summed E-state index contributed by atoms with van der Waals surface area (Å²) in [6.07, 6.45) is 2.38.